The summed E-state index contributed by atoms with van der Waals surface area (Å²) in [6, 6.07) is 14.2. The van der Waals surface area contributed by atoms with Gasteiger partial charge in [0.25, 0.3) is 5.91 Å². The summed E-state index contributed by atoms with van der Waals surface area (Å²) < 4.78 is 6.30. The molecule has 3 rings (SSSR count). The van der Waals surface area contributed by atoms with E-state index in [4.69, 9.17) is 17.0 Å². The first-order valence-corrected chi connectivity index (χ1v) is 11.6. The van der Waals surface area contributed by atoms with Gasteiger partial charge in [-0.05, 0) is 54.5 Å². The van der Waals surface area contributed by atoms with Crippen LogP contribution < -0.4 is 9.64 Å². The number of carbonyl (C=O) groups is 1. The predicted octanol–water partition coefficient (Wildman–Crippen LogP) is 6.54. The summed E-state index contributed by atoms with van der Waals surface area (Å²) in [5.74, 6) is 0.843. The van der Waals surface area contributed by atoms with E-state index < -0.39 is 0 Å². The molecule has 158 valence electrons. The maximum Gasteiger partial charge on any atom is 0.270 e. The zero-order valence-corrected chi connectivity index (χ0v) is 18.8. The van der Waals surface area contributed by atoms with Crippen LogP contribution in [0.5, 0.6) is 11.5 Å². The molecule has 1 heterocycles. The van der Waals surface area contributed by atoms with Crippen molar-refractivity contribution in [3.8, 4) is 11.5 Å². The lowest BCUT2D eigenvalue weighted by Crippen LogP contribution is -2.27. The number of carbonyl (C=O) groups excluding carboxylic acids is 1. The number of amides is 1. The minimum Gasteiger partial charge on any atom is -0.508 e. The third-order valence-corrected chi connectivity index (χ3v) is 6.15. The van der Waals surface area contributed by atoms with Crippen LogP contribution in [0.15, 0.2) is 53.4 Å². The van der Waals surface area contributed by atoms with Crippen LogP contribution in [0.25, 0.3) is 6.08 Å². The van der Waals surface area contributed by atoms with Gasteiger partial charge in [-0.2, -0.15) is 0 Å². The number of phenolic OH excluding ortho intramolecular Hbond substituents is 1. The molecule has 1 N–H and O–H groups in total. The molecular formula is C24H27NO3S2. The molecule has 0 unspecified atom stereocenters. The first kappa shape index (κ1) is 22.4. The maximum atomic E-state index is 12.8. The number of phenols is 1. The summed E-state index contributed by atoms with van der Waals surface area (Å²) in [6.07, 6.45) is 9.30. The van der Waals surface area contributed by atoms with Crippen molar-refractivity contribution in [2.75, 3.05) is 11.5 Å². The van der Waals surface area contributed by atoms with E-state index >= 15 is 0 Å². The number of hydrogen-bond donors (Lipinski definition) is 1. The molecule has 30 heavy (non-hydrogen) atoms. The van der Waals surface area contributed by atoms with Crippen LogP contribution in [0, 0.1) is 0 Å². The van der Waals surface area contributed by atoms with E-state index in [1.54, 1.807) is 24.3 Å². The van der Waals surface area contributed by atoms with Gasteiger partial charge in [-0.1, -0.05) is 75.1 Å². The number of hydrogen-bond acceptors (Lipinski definition) is 5. The highest BCUT2D eigenvalue weighted by Crippen LogP contribution is 2.36. The largest absolute Gasteiger partial charge is 0.508 e. The molecule has 1 aliphatic heterocycles. The first-order chi connectivity index (χ1) is 14.6. The van der Waals surface area contributed by atoms with E-state index in [9.17, 15) is 9.90 Å². The lowest BCUT2D eigenvalue weighted by Gasteiger charge is -2.14. The molecule has 0 radical (unpaired) electrons. The van der Waals surface area contributed by atoms with Crippen LogP contribution in [-0.4, -0.2) is 21.9 Å². The Hall–Kier alpha value is -2.31. The number of ether oxygens (including phenoxy) is 1. The fourth-order valence-electron chi connectivity index (χ4n) is 3.18. The third kappa shape index (κ3) is 6.09. The number of unbranched alkanes of at least 4 members (excludes halogenated alkanes) is 5. The Morgan fingerprint density at radius 2 is 1.67 bits per heavy atom. The van der Waals surface area contributed by atoms with Gasteiger partial charge in [0, 0.05) is 0 Å². The number of thioether (sulfide) groups is 1. The Bertz CT molecular complexity index is 892. The minimum absolute atomic E-state index is 0.151. The molecule has 4 nitrogen and oxygen atoms in total. The van der Waals surface area contributed by atoms with E-state index in [-0.39, 0.29) is 11.7 Å². The van der Waals surface area contributed by atoms with Gasteiger partial charge in [0.15, 0.2) is 4.32 Å². The van der Waals surface area contributed by atoms with Crippen molar-refractivity contribution in [2.24, 2.45) is 0 Å². The highest BCUT2D eigenvalue weighted by Gasteiger charge is 2.33. The van der Waals surface area contributed by atoms with Crippen LogP contribution in [-0.2, 0) is 4.79 Å². The molecule has 0 atom stereocenters. The fraction of sp³-hybridized carbons (Fsp3) is 0.333. The van der Waals surface area contributed by atoms with Crippen molar-refractivity contribution in [2.45, 2.75) is 45.4 Å². The van der Waals surface area contributed by atoms with Gasteiger partial charge >= 0.3 is 0 Å². The summed E-state index contributed by atoms with van der Waals surface area (Å²) >= 11 is 6.66. The maximum absolute atomic E-state index is 12.8. The van der Waals surface area contributed by atoms with Crippen molar-refractivity contribution in [3.63, 3.8) is 0 Å². The van der Waals surface area contributed by atoms with Crippen LogP contribution in [0.1, 0.15) is 51.0 Å². The summed E-state index contributed by atoms with van der Waals surface area (Å²) in [5.41, 5.74) is 1.57. The fourth-order valence-corrected chi connectivity index (χ4v) is 4.48. The van der Waals surface area contributed by atoms with E-state index in [1.807, 2.05) is 30.3 Å². The zero-order valence-electron chi connectivity index (χ0n) is 17.2. The van der Waals surface area contributed by atoms with E-state index in [2.05, 4.69) is 6.92 Å². The van der Waals surface area contributed by atoms with E-state index in [1.165, 1.54) is 48.8 Å². The SMILES string of the molecule is CCCCCCCCOc1ccc(/C=C2\SC(=S)N(c3ccc(O)cc3)C2=O)cc1. The number of nitrogens with zero attached hydrogens (tertiary/aromatic N) is 1. The summed E-state index contributed by atoms with van der Waals surface area (Å²) in [4.78, 5) is 14.9. The molecule has 1 saturated heterocycles. The summed E-state index contributed by atoms with van der Waals surface area (Å²) in [5, 5.41) is 9.45. The molecule has 1 aliphatic rings. The second-order valence-corrected chi connectivity index (χ2v) is 8.89. The molecule has 1 amide bonds. The molecule has 0 aromatic heterocycles. The molecule has 0 aliphatic carbocycles. The highest BCUT2D eigenvalue weighted by molar-refractivity contribution is 8.27. The molecule has 0 saturated carbocycles. The van der Waals surface area contributed by atoms with Gasteiger partial charge in [0.05, 0.1) is 17.2 Å². The topological polar surface area (TPSA) is 49.8 Å². The van der Waals surface area contributed by atoms with Crippen LogP contribution in [0.2, 0.25) is 0 Å². The molecule has 2 aromatic carbocycles. The molecular weight excluding hydrogens is 414 g/mol. The van der Waals surface area contributed by atoms with Crippen LogP contribution in [0.3, 0.4) is 0 Å². The molecule has 0 spiro atoms. The van der Waals surface area contributed by atoms with Gasteiger partial charge in [-0.3, -0.25) is 9.69 Å². The number of anilines is 1. The predicted molar refractivity (Wildman–Crippen MR) is 129 cm³/mol. The lowest BCUT2D eigenvalue weighted by molar-refractivity contribution is -0.113. The second-order valence-electron chi connectivity index (χ2n) is 7.22. The lowest BCUT2D eigenvalue weighted by atomic mass is 10.1. The number of rotatable bonds is 10. The molecule has 0 bridgehead atoms. The Kier molecular flexibility index (Phi) is 8.34. The number of thiocarbonyl (C=S) groups is 1. The summed E-state index contributed by atoms with van der Waals surface area (Å²) in [7, 11) is 0. The Labute approximate surface area is 187 Å². The average Bonchev–Trinajstić information content (AvgIpc) is 3.02. The monoisotopic (exact) mass is 441 g/mol. The van der Waals surface area contributed by atoms with Crippen molar-refractivity contribution in [1.29, 1.82) is 0 Å². The number of aromatic hydroxyl groups is 1. The Morgan fingerprint density at radius 3 is 2.37 bits per heavy atom. The highest BCUT2D eigenvalue weighted by atomic mass is 32.2. The normalized spacial score (nSPS) is 15.2. The molecule has 1 fully saturated rings. The van der Waals surface area contributed by atoms with Gasteiger partial charge < -0.3 is 9.84 Å². The van der Waals surface area contributed by atoms with E-state index in [0.29, 0.717) is 14.9 Å². The van der Waals surface area contributed by atoms with Crippen molar-refractivity contribution in [1.82, 2.24) is 0 Å². The van der Waals surface area contributed by atoms with Crippen LogP contribution >= 0.6 is 24.0 Å². The Morgan fingerprint density at radius 1 is 1.00 bits per heavy atom. The second kappa shape index (κ2) is 11.2. The van der Waals surface area contributed by atoms with Gasteiger partial charge in [0.2, 0.25) is 0 Å². The van der Waals surface area contributed by atoms with Crippen molar-refractivity contribution in [3.05, 3.63) is 59.0 Å². The smallest absolute Gasteiger partial charge is 0.270 e. The average molecular weight is 442 g/mol. The standard InChI is InChI=1S/C24H27NO3S2/c1-2-3-4-5-6-7-16-28-21-14-8-18(9-15-21)17-22-23(27)25(24(29)30-22)19-10-12-20(26)13-11-19/h8-15,17,26H,2-7,16H2,1H3/b22-17-. The van der Waals surface area contributed by atoms with E-state index in [0.717, 1.165) is 24.3 Å². The molecule has 2 aromatic rings. The van der Waals surface area contributed by atoms with Gasteiger partial charge in [0.1, 0.15) is 11.5 Å². The number of benzene rings is 2. The first-order valence-electron chi connectivity index (χ1n) is 10.4. The summed E-state index contributed by atoms with van der Waals surface area (Å²) in [6.45, 7) is 2.96. The third-order valence-electron chi connectivity index (χ3n) is 4.85. The van der Waals surface area contributed by atoms with Gasteiger partial charge in [-0.25, -0.2) is 0 Å². The van der Waals surface area contributed by atoms with Crippen molar-refractivity contribution < 1.29 is 14.6 Å². The van der Waals surface area contributed by atoms with Gasteiger partial charge in [-0.15, -0.1) is 0 Å². The Balaban J connectivity index is 1.54. The van der Waals surface area contributed by atoms with Crippen molar-refractivity contribution >= 4 is 46.0 Å². The minimum atomic E-state index is -0.154. The quantitative estimate of drug-likeness (QED) is 0.258. The van der Waals surface area contributed by atoms with Crippen LogP contribution in [0.4, 0.5) is 5.69 Å². The zero-order chi connectivity index (χ0) is 21.3. The molecule has 6 heteroatoms.